The summed E-state index contributed by atoms with van der Waals surface area (Å²) in [5.41, 5.74) is 1.03. The molecular formula is C14H21FO2. The average Bonchev–Trinajstić information content (AvgIpc) is 2.26. The van der Waals surface area contributed by atoms with Gasteiger partial charge in [0.15, 0.2) is 0 Å². The Bertz CT molecular complexity index is 322. The molecule has 0 saturated heterocycles. The van der Waals surface area contributed by atoms with Gasteiger partial charge in [-0.15, -0.1) is 0 Å². The maximum absolute atomic E-state index is 11.6. The van der Waals surface area contributed by atoms with Crippen molar-refractivity contribution in [1.82, 2.24) is 0 Å². The van der Waals surface area contributed by atoms with E-state index in [0.717, 1.165) is 12.0 Å². The first-order valence-electron chi connectivity index (χ1n) is 5.80. The molecule has 0 amide bonds. The molecule has 0 aromatic heterocycles. The fourth-order valence-corrected chi connectivity index (χ4v) is 1.67. The summed E-state index contributed by atoms with van der Waals surface area (Å²) in [6, 6.07) is 9.76. The molecule has 0 bridgehead atoms. The van der Waals surface area contributed by atoms with Gasteiger partial charge >= 0.3 is 5.97 Å². The van der Waals surface area contributed by atoms with Crippen molar-refractivity contribution >= 4 is 5.97 Å². The van der Waals surface area contributed by atoms with Crippen molar-refractivity contribution in [1.29, 1.82) is 0 Å². The number of carbonyl (C=O) groups excluding carboxylic acids is 1. The van der Waals surface area contributed by atoms with E-state index in [9.17, 15) is 4.79 Å². The van der Waals surface area contributed by atoms with Crippen LogP contribution in [0.25, 0.3) is 0 Å². The number of halogens is 1. The summed E-state index contributed by atoms with van der Waals surface area (Å²) in [6.07, 6.45) is 0.883. The summed E-state index contributed by atoms with van der Waals surface area (Å²) < 4.78 is 5.25. The molecule has 1 aromatic rings. The molecule has 17 heavy (non-hydrogen) atoms. The van der Waals surface area contributed by atoms with Gasteiger partial charge in [0.1, 0.15) is 6.61 Å². The second-order valence-corrected chi connectivity index (χ2v) is 4.62. The number of benzene rings is 1. The Morgan fingerprint density at radius 3 is 2.29 bits per heavy atom. The standard InChI is InChI=1S/C14H20O2.FH/c1-11(2)9-12(3)14(15)16-10-13-7-5-4-6-8-13;/h4-8,11-12H,9-10H2,1-3H3;1H/t12-;/m1./s1. The quantitative estimate of drug-likeness (QED) is 0.735. The van der Waals surface area contributed by atoms with Crippen LogP contribution in [-0.2, 0) is 16.1 Å². The Hall–Kier alpha value is -1.38. The first-order chi connectivity index (χ1) is 7.59. The Morgan fingerprint density at radius 1 is 1.18 bits per heavy atom. The van der Waals surface area contributed by atoms with Crippen LogP contribution >= 0.6 is 0 Å². The van der Waals surface area contributed by atoms with Crippen LogP contribution in [0, 0.1) is 11.8 Å². The maximum Gasteiger partial charge on any atom is 0.308 e. The molecule has 0 unspecified atom stereocenters. The van der Waals surface area contributed by atoms with Crippen molar-refractivity contribution in [3.05, 3.63) is 35.9 Å². The highest BCUT2D eigenvalue weighted by Crippen LogP contribution is 2.13. The van der Waals surface area contributed by atoms with Gasteiger partial charge < -0.3 is 4.74 Å². The number of hydrogen-bond acceptors (Lipinski definition) is 2. The Balaban J connectivity index is 0.00000256. The lowest BCUT2D eigenvalue weighted by molar-refractivity contribution is -0.149. The lowest BCUT2D eigenvalue weighted by atomic mass is 9.99. The number of ether oxygens (including phenoxy) is 1. The molecule has 0 aliphatic carbocycles. The molecule has 0 heterocycles. The van der Waals surface area contributed by atoms with Gasteiger partial charge in [-0.2, -0.15) is 0 Å². The fourth-order valence-electron chi connectivity index (χ4n) is 1.67. The number of hydrogen-bond donors (Lipinski definition) is 0. The van der Waals surface area contributed by atoms with Gasteiger partial charge in [0.2, 0.25) is 0 Å². The maximum atomic E-state index is 11.6. The van der Waals surface area contributed by atoms with Crippen molar-refractivity contribution in [2.75, 3.05) is 0 Å². The van der Waals surface area contributed by atoms with E-state index < -0.39 is 0 Å². The lowest BCUT2D eigenvalue weighted by Crippen LogP contribution is -2.16. The highest BCUT2D eigenvalue weighted by molar-refractivity contribution is 5.71. The molecule has 0 saturated carbocycles. The molecule has 2 nitrogen and oxygen atoms in total. The zero-order chi connectivity index (χ0) is 12.0. The monoisotopic (exact) mass is 240 g/mol. The third kappa shape index (κ3) is 6.05. The van der Waals surface area contributed by atoms with E-state index in [4.69, 9.17) is 4.74 Å². The molecule has 3 heteroatoms. The largest absolute Gasteiger partial charge is 0.461 e. The van der Waals surface area contributed by atoms with Crippen LogP contribution < -0.4 is 0 Å². The molecule has 0 fully saturated rings. The van der Waals surface area contributed by atoms with Gasteiger partial charge in [0.05, 0.1) is 5.92 Å². The smallest absolute Gasteiger partial charge is 0.308 e. The normalized spacial score (nSPS) is 11.8. The minimum atomic E-state index is -0.0995. The molecule has 0 spiro atoms. The Morgan fingerprint density at radius 2 is 1.76 bits per heavy atom. The minimum Gasteiger partial charge on any atom is -0.461 e. The molecule has 1 atom stereocenters. The van der Waals surface area contributed by atoms with Crippen molar-refractivity contribution < 1.29 is 14.2 Å². The van der Waals surface area contributed by atoms with Gasteiger partial charge in [-0.1, -0.05) is 51.1 Å². The van der Waals surface area contributed by atoms with Gasteiger partial charge in [-0.25, -0.2) is 0 Å². The van der Waals surface area contributed by atoms with E-state index in [0.29, 0.717) is 12.5 Å². The van der Waals surface area contributed by atoms with Crippen LogP contribution in [0.5, 0.6) is 0 Å². The van der Waals surface area contributed by atoms with Gasteiger partial charge in [-0.3, -0.25) is 9.50 Å². The Kier molecular flexibility index (Phi) is 7.19. The minimum absolute atomic E-state index is 0. The summed E-state index contributed by atoms with van der Waals surface area (Å²) in [7, 11) is 0. The second-order valence-electron chi connectivity index (χ2n) is 4.62. The van der Waals surface area contributed by atoms with Gasteiger partial charge in [-0.05, 0) is 17.9 Å². The van der Waals surface area contributed by atoms with E-state index in [1.54, 1.807) is 0 Å². The third-order valence-electron chi connectivity index (χ3n) is 2.45. The van der Waals surface area contributed by atoms with E-state index in [2.05, 4.69) is 13.8 Å². The molecule has 0 aliphatic heterocycles. The summed E-state index contributed by atoms with van der Waals surface area (Å²) in [4.78, 5) is 11.6. The van der Waals surface area contributed by atoms with E-state index in [1.165, 1.54) is 0 Å². The van der Waals surface area contributed by atoms with Crippen LogP contribution in [0.2, 0.25) is 0 Å². The van der Waals surface area contributed by atoms with Crippen molar-refractivity contribution in [2.45, 2.75) is 33.8 Å². The molecule has 1 aromatic carbocycles. The predicted octanol–water partition coefficient (Wildman–Crippen LogP) is 3.56. The number of esters is 1. The Labute approximate surface area is 102 Å². The van der Waals surface area contributed by atoms with E-state index in [-0.39, 0.29) is 16.6 Å². The van der Waals surface area contributed by atoms with Crippen molar-refractivity contribution in [2.24, 2.45) is 11.8 Å². The van der Waals surface area contributed by atoms with Crippen LogP contribution in [0.3, 0.4) is 0 Å². The molecule has 0 N–H and O–H groups in total. The molecule has 96 valence electrons. The van der Waals surface area contributed by atoms with Crippen LogP contribution in [0.4, 0.5) is 4.70 Å². The third-order valence-corrected chi connectivity index (χ3v) is 2.45. The van der Waals surface area contributed by atoms with Crippen molar-refractivity contribution in [3.63, 3.8) is 0 Å². The summed E-state index contributed by atoms with van der Waals surface area (Å²) >= 11 is 0. The molecule has 0 radical (unpaired) electrons. The van der Waals surface area contributed by atoms with Crippen LogP contribution in [-0.4, -0.2) is 5.97 Å². The zero-order valence-electron chi connectivity index (χ0n) is 10.7. The van der Waals surface area contributed by atoms with Crippen molar-refractivity contribution in [3.8, 4) is 0 Å². The lowest BCUT2D eigenvalue weighted by Gasteiger charge is -2.13. The van der Waals surface area contributed by atoms with E-state index >= 15 is 0 Å². The predicted molar refractivity (Wildman–Crippen MR) is 67.4 cm³/mol. The summed E-state index contributed by atoms with van der Waals surface area (Å²) in [5.74, 6) is 0.417. The molecule has 1 rings (SSSR count). The van der Waals surface area contributed by atoms with Crippen LogP contribution in [0.15, 0.2) is 30.3 Å². The van der Waals surface area contributed by atoms with E-state index in [1.807, 2.05) is 37.3 Å². The topological polar surface area (TPSA) is 26.3 Å². The number of carbonyl (C=O) groups is 1. The molecular weight excluding hydrogens is 219 g/mol. The first kappa shape index (κ1) is 15.6. The highest BCUT2D eigenvalue weighted by Gasteiger charge is 2.15. The van der Waals surface area contributed by atoms with Crippen LogP contribution in [0.1, 0.15) is 32.8 Å². The zero-order valence-corrected chi connectivity index (χ0v) is 10.7. The van der Waals surface area contributed by atoms with Gasteiger partial charge in [0, 0.05) is 0 Å². The van der Waals surface area contributed by atoms with Gasteiger partial charge in [0.25, 0.3) is 0 Å². The average molecular weight is 240 g/mol. The molecule has 0 aliphatic rings. The summed E-state index contributed by atoms with van der Waals surface area (Å²) in [5, 5.41) is 0. The first-order valence-corrected chi connectivity index (χ1v) is 5.80. The number of rotatable bonds is 5. The second kappa shape index (κ2) is 7.82. The summed E-state index contributed by atoms with van der Waals surface area (Å²) in [6.45, 7) is 6.53. The fraction of sp³-hybridized carbons (Fsp3) is 0.500. The highest BCUT2D eigenvalue weighted by atomic mass is 19.0. The SMILES string of the molecule is CC(C)C[C@@H](C)C(=O)OCc1ccccc1.F.